The predicted octanol–water partition coefficient (Wildman–Crippen LogP) is 4.53. The summed E-state index contributed by atoms with van der Waals surface area (Å²) in [6.07, 6.45) is 0.901. The van der Waals surface area contributed by atoms with Gasteiger partial charge in [-0.25, -0.2) is 0 Å². The van der Waals surface area contributed by atoms with Gasteiger partial charge in [0.05, 0.1) is 11.6 Å². The van der Waals surface area contributed by atoms with E-state index in [1.807, 2.05) is 72.5 Å². The van der Waals surface area contributed by atoms with Crippen LogP contribution in [0.3, 0.4) is 0 Å². The molecule has 1 N–H and O–H groups in total. The molecule has 0 aromatic heterocycles. The quantitative estimate of drug-likeness (QED) is 0.664. The largest absolute Gasteiger partial charge is 0.489 e. The SMILES string of the molecule is CC(Nc1ccc(OCc2cccc(C#N)c2)cc1)C(=O)N1CCc2ccccc21. The molecule has 0 bridgehead atoms. The number of amides is 1. The number of nitrogens with one attached hydrogen (secondary N) is 1. The van der Waals surface area contributed by atoms with Gasteiger partial charge in [-0.05, 0) is 66.9 Å². The van der Waals surface area contributed by atoms with Crippen molar-refractivity contribution in [2.24, 2.45) is 0 Å². The third kappa shape index (κ3) is 4.28. The Labute approximate surface area is 176 Å². The van der Waals surface area contributed by atoms with E-state index >= 15 is 0 Å². The van der Waals surface area contributed by atoms with Gasteiger partial charge in [0.2, 0.25) is 5.91 Å². The summed E-state index contributed by atoms with van der Waals surface area (Å²) in [7, 11) is 0. The van der Waals surface area contributed by atoms with E-state index in [0.717, 1.165) is 35.7 Å². The number of para-hydroxylation sites is 1. The molecule has 1 aliphatic heterocycles. The molecule has 0 aliphatic carbocycles. The molecule has 0 radical (unpaired) electrons. The first-order valence-electron chi connectivity index (χ1n) is 10.0. The minimum Gasteiger partial charge on any atom is -0.489 e. The number of fused-ring (bicyclic) bond motifs is 1. The lowest BCUT2D eigenvalue weighted by Gasteiger charge is -2.23. The highest BCUT2D eigenvalue weighted by atomic mass is 16.5. The molecule has 5 nitrogen and oxygen atoms in total. The lowest BCUT2D eigenvalue weighted by Crippen LogP contribution is -2.40. The average molecular weight is 397 g/mol. The molecule has 1 atom stereocenters. The van der Waals surface area contributed by atoms with Gasteiger partial charge in [-0.1, -0.05) is 30.3 Å². The Balaban J connectivity index is 1.34. The molecular weight excluding hydrogens is 374 g/mol. The highest BCUT2D eigenvalue weighted by Gasteiger charge is 2.27. The zero-order valence-electron chi connectivity index (χ0n) is 16.8. The molecule has 0 saturated carbocycles. The molecule has 150 valence electrons. The summed E-state index contributed by atoms with van der Waals surface area (Å²) in [6.45, 7) is 3.01. The molecule has 0 spiro atoms. The summed E-state index contributed by atoms with van der Waals surface area (Å²) in [4.78, 5) is 14.8. The van der Waals surface area contributed by atoms with Crippen molar-refractivity contribution >= 4 is 17.3 Å². The van der Waals surface area contributed by atoms with E-state index in [-0.39, 0.29) is 11.9 Å². The molecule has 3 aromatic rings. The smallest absolute Gasteiger partial charge is 0.249 e. The summed E-state index contributed by atoms with van der Waals surface area (Å²) < 4.78 is 5.81. The van der Waals surface area contributed by atoms with Crippen LogP contribution in [0.5, 0.6) is 5.75 Å². The number of hydrogen-bond donors (Lipinski definition) is 1. The van der Waals surface area contributed by atoms with Crippen LogP contribution < -0.4 is 15.0 Å². The van der Waals surface area contributed by atoms with Crippen molar-refractivity contribution in [3.05, 3.63) is 89.5 Å². The Hall–Kier alpha value is -3.78. The van der Waals surface area contributed by atoms with E-state index in [2.05, 4.69) is 17.5 Å². The number of carbonyl (C=O) groups is 1. The third-order valence-electron chi connectivity index (χ3n) is 5.22. The van der Waals surface area contributed by atoms with Gasteiger partial charge in [0.15, 0.2) is 0 Å². The van der Waals surface area contributed by atoms with Crippen molar-refractivity contribution < 1.29 is 9.53 Å². The van der Waals surface area contributed by atoms with Crippen molar-refractivity contribution in [3.8, 4) is 11.8 Å². The third-order valence-corrected chi connectivity index (χ3v) is 5.22. The molecule has 5 heteroatoms. The molecule has 0 fully saturated rings. The number of anilines is 2. The summed E-state index contributed by atoms with van der Waals surface area (Å²) >= 11 is 0. The van der Waals surface area contributed by atoms with Gasteiger partial charge in [-0.15, -0.1) is 0 Å². The first-order chi connectivity index (χ1) is 14.6. The van der Waals surface area contributed by atoms with Crippen LogP contribution in [0.25, 0.3) is 0 Å². The summed E-state index contributed by atoms with van der Waals surface area (Å²) in [5.41, 5.74) is 4.67. The fraction of sp³-hybridized carbons (Fsp3) is 0.200. The minimum atomic E-state index is -0.336. The van der Waals surface area contributed by atoms with E-state index in [0.29, 0.717) is 12.2 Å². The van der Waals surface area contributed by atoms with Gasteiger partial charge >= 0.3 is 0 Å². The zero-order valence-corrected chi connectivity index (χ0v) is 16.8. The first-order valence-corrected chi connectivity index (χ1v) is 10.0. The number of nitrogens with zero attached hydrogens (tertiary/aromatic N) is 2. The van der Waals surface area contributed by atoms with E-state index < -0.39 is 0 Å². The second-order valence-electron chi connectivity index (χ2n) is 7.36. The lowest BCUT2D eigenvalue weighted by molar-refractivity contribution is -0.118. The van der Waals surface area contributed by atoms with Crippen molar-refractivity contribution in [3.63, 3.8) is 0 Å². The molecular formula is C25H23N3O2. The lowest BCUT2D eigenvalue weighted by atomic mass is 10.1. The van der Waals surface area contributed by atoms with Gasteiger partial charge in [0.25, 0.3) is 0 Å². The van der Waals surface area contributed by atoms with Gasteiger partial charge in [-0.2, -0.15) is 5.26 Å². The standard InChI is InChI=1S/C25H23N3O2/c1-18(25(29)28-14-13-21-7-2-3-8-24(21)28)27-22-9-11-23(12-10-22)30-17-20-6-4-5-19(15-20)16-26/h2-12,15,18,27H,13-14,17H2,1H3. The normalized spacial score (nSPS) is 13.3. The fourth-order valence-electron chi connectivity index (χ4n) is 3.66. The van der Waals surface area contributed by atoms with Crippen LogP contribution in [0.1, 0.15) is 23.6 Å². The number of rotatable bonds is 6. The zero-order chi connectivity index (χ0) is 20.9. The number of benzene rings is 3. The van der Waals surface area contributed by atoms with Gasteiger partial charge in [0, 0.05) is 17.9 Å². The Morgan fingerprint density at radius 2 is 1.93 bits per heavy atom. The summed E-state index contributed by atoms with van der Waals surface area (Å²) in [5, 5.41) is 12.3. The Kier molecular flexibility index (Phi) is 5.67. The van der Waals surface area contributed by atoms with Crippen molar-refractivity contribution in [2.75, 3.05) is 16.8 Å². The summed E-state index contributed by atoms with van der Waals surface area (Å²) in [5.74, 6) is 0.799. The molecule has 1 aliphatic rings. The monoisotopic (exact) mass is 397 g/mol. The van der Waals surface area contributed by atoms with Gasteiger partial charge in [0.1, 0.15) is 18.4 Å². The van der Waals surface area contributed by atoms with Crippen molar-refractivity contribution in [2.45, 2.75) is 26.0 Å². The molecule has 4 rings (SSSR count). The van der Waals surface area contributed by atoms with Crippen LogP contribution in [0.4, 0.5) is 11.4 Å². The van der Waals surface area contributed by atoms with E-state index in [1.54, 1.807) is 6.07 Å². The number of nitriles is 1. The van der Waals surface area contributed by atoms with Crippen LogP contribution in [-0.2, 0) is 17.8 Å². The van der Waals surface area contributed by atoms with E-state index in [4.69, 9.17) is 10.00 Å². The van der Waals surface area contributed by atoms with Crippen LogP contribution in [0, 0.1) is 11.3 Å². The molecule has 0 saturated heterocycles. The molecule has 3 aromatic carbocycles. The molecule has 1 unspecified atom stereocenters. The van der Waals surface area contributed by atoms with Gasteiger partial charge < -0.3 is 15.0 Å². The maximum atomic E-state index is 12.9. The van der Waals surface area contributed by atoms with Crippen molar-refractivity contribution in [1.82, 2.24) is 0 Å². The van der Waals surface area contributed by atoms with E-state index in [1.165, 1.54) is 5.56 Å². The average Bonchev–Trinajstić information content (AvgIpc) is 3.22. The summed E-state index contributed by atoms with van der Waals surface area (Å²) in [6, 6.07) is 24.8. The fourth-order valence-corrected chi connectivity index (χ4v) is 3.66. The maximum absolute atomic E-state index is 12.9. The minimum absolute atomic E-state index is 0.0673. The Morgan fingerprint density at radius 3 is 2.73 bits per heavy atom. The Bertz CT molecular complexity index is 1090. The second-order valence-corrected chi connectivity index (χ2v) is 7.36. The van der Waals surface area contributed by atoms with Crippen LogP contribution in [0.2, 0.25) is 0 Å². The predicted molar refractivity (Wildman–Crippen MR) is 118 cm³/mol. The second kappa shape index (κ2) is 8.71. The molecule has 30 heavy (non-hydrogen) atoms. The van der Waals surface area contributed by atoms with Crippen LogP contribution in [0.15, 0.2) is 72.8 Å². The maximum Gasteiger partial charge on any atom is 0.249 e. The van der Waals surface area contributed by atoms with Gasteiger partial charge in [-0.3, -0.25) is 4.79 Å². The number of hydrogen-bond acceptors (Lipinski definition) is 4. The topological polar surface area (TPSA) is 65.4 Å². The molecule has 1 heterocycles. The highest BCUT2D eigenvalue weighted by Crippen LogP contribution is 2.28. The number of ether oxygens (including phenoxy) is 1. The number of carbonyl (C=O) groups excluding carboxylic acids is 1. The highest BCUT2D eigenvalue weighted by molar-refractivity contribution is 6.00. The first kappa shape index (κ1) is 19.5. The Morgan fingerprint density at radius 1 is 1.13 bits per heavy atom. The van der Waals surface area contributed by atoms with Crippen LogP contribution >= 0.6 is 0 Å². The molecule has 1 amide bonds. The van der Waals surface area contributed by atoms with Crippen LogP contribution in [-0.4, -0.2) is 18.5 Å². The van der Waals surface area contributed by atoms with Crippen molar-refractivity contribution in [1.29, 1.82) is 5.26 Å². The van der Waals surface area contributed by atoms with E-state index in [9.17, 15) is 4.79 Å².